The molecular formula is C27H45N5O6. The first kappa shape index (κ1) is 31.3. The molecule has 0 aromatic heterocycles. The highest BCUT2D eigenvalue weighted by molar-refractivity contribution is 5.93. The van der Waals surface area contributed by atoms with Gasteiger partial charge in [-0.2, -0.15) is 5.26 Å². The highest BCUT2D eigenvalue weighted by atomic mass is 16.5. The van der Waals surface area contributed by atoms with Crippen molar-refractivity contribution in [1.29, 1.82) is 5.26 Å². The number of carboxylic acid groups (broad SMARTS) is 1. The minimum absolute atomic E-state index is 0.0417. The van der Waals surface area contributed by atoms with E-state index in [0.29, 0.717) is 19.5 Å². The molecule has 38 heavy (non-hydrogen) atoms. The Bertz CT molecular complexity index is 960. The first-order valence-electron chi connectivity index (χ1n) is 13.2. The van der Waals surface area contributed by atoms with Gasteiger partial charge in [0.15, 0.2) is 0 Å². The largest absolute Gasteiger partial charge is 0.465 e. The molecule has 3 rings (SSSR count). The van der Waals surface area contributed by atoms with Gasteiger partial charge in [0.1, 0.15) is 18.1 Å². The Morgan fingerprint density at radius 2 is 1.79 bits per heavy atom. The minimum atomic E-state index is -1.30. The number of likely N-dealkylation sites (tertiary alicyclic amines) is 1. The molecule has 11 nitrogen and oxygen atoms in total. The van der Waals surface area contributed by atoms with Crippen LogP contribution < -0.4 is 16.0 Å². The standard InChI is InChI=1S/C22H33N5O5.C5H12O/c1-21(2,3)16(26-20(31)32)19(30)27-10-13-14(22(13,4)5)15(27)18(29)25-12(9-23)8-11-6-7-24-17(11)28;1-5(2,3)6-4/h11-16,26H,6-8,10H2,1-5H3,(H,24,28)(H,25,29)(H,31,32);1-4H3/t11-,12-,13-,14-,15-,16+;/m0./s1. The molecule has 2 heterocycles. The number of piperidine rings is 1. The molecule has 3 aliphatic rings. The van der Waals surface area contributed by atoms with Gasteiger partial charge in [-0.25, -0.2) is 4.79 Å². The van der Waals surface area contributed by atoms with Crippen molar-refractivity contribution in [3.63, 3.8) is 0 Å². The van der Waals surface area contributed by atoms with Gasteiger partial charge in [-0.1, -0.05) is 34.6 Å². The number of fused-ring (bicyclic) bond motifs is 1. The monoisotopic (exact) mass is 535 g/mol. The number of hydrogen-bond acceptors (Lipinski definition) is 6. The molecule has 0 radical (unpaired) electrons. The lowest BCUT2D eigenvalue weighted by Gasteiger charge is -2.37. The molecule has 1 aliphatic carbocycles. The van der Waals surface area contributed by atoms with Gasteiger partial charge in [0.2, 0.25) is 17.7 Å². The number of carbonyl (C=O) groups is 4. The molecule has 11 heteroatoms. The second kappa shape index (κ2) is 11.5. The number of nitrogens with one attached hydrogen (secondary N) is 3. The fourth-order valence-electron chi connectivity index (χ4n) is 5.31. The SMILES string of the molecule is CC(C)(C)[C@H](NC(=O)O)C(=O)N1C[C@H]2[C@@H]([C@H]1C(=O)N[C@H](C#N)C[C@@H]1CCNC1=O)C2(C)C.COC(C)(C)C. The Morgan fingerprint density at radius 3 is 2.21 bits per heavy atom. The number of amides is 4. The molecule has 0 aromatic rings. The molecule has 4 N–H and O–H groups in total. The molecule has 1 saturated carbocycles. The lowest BCUT2D eigenvalue weighted by atomic mass is 9.85. The summed E-state index contributed by atoms with van der Waals surface area (Å²) < 4.78 is 4.94. The maximum atomic E-state index is 13.4. The third kappa shape index (κ3) is 7.37. The van der Waals surface area contributed by atoms with E-state index in [0.717, 1.165) is 0 Å². The molecular weight excluding hydrogens is 490 g/mol. The van der Waals surface area contributed by atoms with Gasteiger partial charge in [0.05, 0.1) is 11.7 Å². The van der Waals surface area contributed by atoms with Crippen LogP contribution in [0.3, 0.4) is 0 Å². The zero-order chi connectivity index (χ0) is 29.2. The van der Waals surface area contributed by atoms with Crippen LogP contribution in [0.5, 0.6) is 0 Å². The highest BCUT2D eigenvalue weighted by Crippen LogP contribution is 2.65. The second-order valence-electron chi connectivity index (χ2n) is 13.2. The molecule has 3 fully saturated rings. The summed E-state index contributed by atoms with van der Waals surface area (Å²) in [5.41, 5.74) is -0.770. The summed E-state index contributed by atoms with van der Waals surface area (Å²) in [5.74, 6) is -1.24. The van der Waals surface area contributed by atoms with Crippen LogP contribution in [0.25, 0.3) is 0 Å². The number of nitrogens with zero attached hydrogens (tertiary/aromatic N) is 2. The Labute approximate surface area is 226 Å². The van der Waals surface area contributed by atoms with Crippen LogP contribution in [0, 0.1) is 39.9 Å². The maximum absolute atomic E-state index is 13.4. The Hall–Kier alpha value is -2.87. The van der Waals surface area contributed by atoms with E-state index in [4.69, 9.17) is 4.74 Å². The van der Waals surface area contributed by atoms with Crippen LogP contribution in [-0.4, -0.2) is 77.7 Å². The normalized spacial score (nSPS) is 27.1. The van der Waals surface area contributed by atoms with E-state index >= 15 is 0 Å². The van der Waals surface area contributed by atoms with E-state index in [1.165, 1.54) is 4.90 Å². The highest BCUT2D eigenvalue weighted by Gasteiger charge is 2.69. The average molecular weight is 536 g/mol. The molecule has 0 spiro atoms. The van der Waals surface area contributed by atoms with E-state index in [1.54, 1.807) is 27.9 Å². The molecule has 2 saturated heterocycles. The Kier molecular flexibility index (Phi) is 9.47. The van der Waals surface area contributed by atoms with Crippen LogP contribution in [0.1, 0.15) is 68.2 Å². The van der Waals surface area contributed by atoms with Gasteiger partial charge >= 0.3 is 6.09 Å². The molecule has 4 amide bonds. The molecule has 214 valence electrons. The predicted octanol–water partition coefficient (Wildman–Crippen LogP) is 2.12. The predicted molar refractivity (Wildman–Crippen MR) is 141 cm³/mol. The minimum Gasteiger partial charge on any atom is -0.465 e. The third-order valence-corrected chi connectivity index (χ3v) is 7.91. The second-order valence-corrected chi connectivity index (χ2v) is 13.2. The Morgan fingerprint density at radius 1 is 1.21 bits per heavy atom. The van der Waals surface area contributed by atoms with Crippen molar-refractivity contribution in [2.45, 2.75) is 92.0 Å². The summed E-state index contributed by atoms with van der Waals surface area (Å²) in [6, 6.07) is -0.569. The van der Waals surface area contributed by atoms with Crippen molar-refractivity contribution in [3.05, 3.63) is 0 Å². The van der Waals surface area contributed by atoms with Crippen molar-refractivity contribution in [2.24, 2.45) is 28.6 Å². The summed E-state index contributed by atoms with van der Waals surface area (Å²) in [5, 5.41) is 26.6. The lowest BCUT2D eigenvalue weighted by molar-refractivity contribution is -0.144. The van der Waals surface area contributed by atoms with Crippen molar-refractivity contribution in [2.75, 3.05) is 20.2 Å². The zero-order valence-electron chi connectivity index (χ0n) is 24.2. The summed E-state index contributed by atoms with van der Waals surface area (Å²) in [6.45, 7) is 16.4. The van der Waals surface area contributed by atoms with Gasteiger partial charge in [0, 0.05) is 26.1 Å². The summed E-state index contributed by atoms with van der Waals surface area (Å²) >= 11 is 0. The zero-order valence-corrected chi connectivity index (χ0v) is 24.2. The molecule has 6 atom stereocenters. The van der Waals surface area contributed by atoms with Crippen LogP contribution in [0.2, 0.25) is 0 Å². The third-order valence-electron chi connectivity index (χ3n) is 7.91. The van der Waals surface area contributed by atoms with Gasteiger partial charge in [-0.15, -0.1) is 0 Å². The molecule has 0 bridgehead atoms. The van der Waals surface area contributed by atoms with Crippen molar-refractivity contribution in [1.82, 2.24) is 20.9 Å². The Balaban J connectivity index is 0.000000757. The average Bonchev–Trinajstić information content (AvgIpc) is 3.15. The van der Waals surface area contributed by atoms with Gasteiger partial charge in [-0.05, 0) is 56.3 Å². The molecule has 2 aliphatic heterocycles. The molecule has 0 unspecified atom stereocenters. The summed E-state index contributed by atoms with van der Waals surface area (Å²) in [7, 11) is 1.71. The van der Waals surface area contributed by atoms with Crippen molar-refractivity contribution < 1.29 is 29.0 Å². The van der Waals surface area contributed by atoms with E-state index in [2.05, 4.69) is 22.0 Å². The number of rotatable bonds is 6. The van der Waals surface area contributed by atoms with Crippen LogP contribution >= 0.6 is 0 Å². The van der Waals surface area contributed by atoms with Crippen LogP contribution in [0.15, 0.2) is 0 Å². The van der Waals surface area contributed by atoms with Crippen LogP contribution in [0.4, 0.5) is 4.79 Å². The van der Waals surface area contributed by atoms with Crippen molar-refractivity contribution in [3.8, 4) is 6.07 Å². The number of nitriles is 1. The lowest BCUT2D eigenvalue weighted by Crippen LogP contribution is -2.59. The van der Waals surface area contributed by atoms with Gasteiger partial charge in [0.25, 0.3) is 0 Å². The fourth-order valence-corrected chi connectivity index (χ4v) is 5.31. The smallest absolute Gasteiger partial charge is 0.405 e. The first-order valence-corrected chi connectivity index (χ1v) is 13.2. The molecule has 0 aromatic carbocycles. The summed E-state index contributed by atoms with van der Waals surface area (Å²) in [6.07, 6.45) is -0.465. The fraction of sp³-hybridized carbons (Fsp3) is 0.815. The van der Waals surface area contributed by atoms with E-state index in [-0.39, 0.29) is 41.1 Å². The van der Waals surface area contributed by atoms with Crippen molar-refractivity contribution >= 4 is 23.8 Å². The quantitative estimate of drug-likeness (QED) is 0.405. The van der Waals surface area contributed by atoms with Crippen LogP contribution in [-0.2, 0) is 19.1 Å². The van der Waals surface area contributed by atoms with E-state index in [9.17, 15) is 29.5 Å². The van der Waals surface area contributed by atoms with Gasteiger partial charge in [-0.3, -0.25) is 14.4 Å². The number of hydrogen-bond donors (Lipinski definition) is 4. The van der Waals surface area contributed by atoms with E-state index in [1.807, 2.05) is 34.6 Å². The number of methoxy groups -OCH3 is 1. The maximum Gasteiger partial charge on any atom is 0.405 e. The number of ether oxygens (including phenoxy) is 1. The number of carbonyl (C=O) groups excluding carboxylic acids is 3. The van der Waals surface area contributed by atoms with Gasteiger partial charge < -0.3 is 30.7 Å². The first-order chi connectivity index (χ1) is 17.3. The topological polar surface area (TPSA) is 161 Å². The van der Waals surface area contributed by atoms with E-state index < -0.39 is 41.4 Å². The summed E-state index contributed by atoms with van der Waals surface area (Å²) in [4.78, 5) is 51.4.